The zero-order valence-electron chi connectivity index (χ0n) is 11.9. The Labute approximate surface area is 111 Å². The molecule has 0 aromatic heterocycles. The molecule has 2 nitrogen and oxygen atoms in total. The minimum atomic E-state index is 0.353. The van der Waals surface area contributed by atoms with Crippen LogP contribution in [0.15, 0.2) is 24.3 Å². The summed E-state index contributed by atoms with van der Waals surface area (Å²) in [6.07, 6.45) is 2.72. The molecule has 1 aromatic carbocycles. The third-order valence-electron chi connectivity index (χ3n) is 3.75. The van der Waals surface area contributed by atoms with Crippen LogP contribution in [0.2, 0.25) is 0 Å². The molecule has 0 aliphatic heterocycles. The Morgan fingerprint density at radius 1 is 1.33 bits per heavy atom. The molecule has 1 aliphatic carbocycles. The first-order valence-electron chi connectivity index (χ1n) is 7.12. The first-order chi connectivity index (χ1) is 8.61. The van der Waals surface area contributed by atoms with E-state index in [2.05, 4.69) is 50.1 Å². The topological polar surface area (TPSA) is 29.3 Å². The SMILES string of the molecule is CC(C)CN(C)C(CN)c1cccc(C2CC2)c1. The number of likely N-dealkylation sites (N-methyl/N-ethyl adjacent to an activating group) is 1. The molecule has 1 atom stereocenters. The van der Waals surface area contributed by atoms with Gasteiger partial charge in [-0.2, -0.15) is 0 Å². The first kappa shape index (κ1) is 13.6. The van der Waals surface area contributed by atoms with Gasteiger partial charge in [-0.3, -0.25) is 4.90 Å². The van der Waals surface area contributed by atoms with Gasteiger partial charge in [0.1, 0.15) is 0 Å². The number of rotatable bonds is 6. The summed E-state index contributed by atoms with van der Waals surface area (Å²) in [7, 11) is 2.18. The van der Waals surface area contributed by atoms with E-state index in [0.717, 1.165) is 12.5 Å². The van der Waals surface area contributed by atoms with Crippen LogP contribution in [0.3, 0.4) is 0 Å². The molecule has 1 unspecified atom stereocenters. The van der Waals surface area contributed by atoms with Crippen LogP contribution in [0.1, 0.15) is 49.8 Å². The average Bonchev–Trinajstić information content (AvgIpc) is 3.13. The van der Waals surface area contributed by atoms with Gasteiger partial charge in [0.05, 0.1) is 0 Å². The maximum atomic E-state index is 5.98. The Morgan fingerprint density at radius 3 is 2.61 bits per heavy atom. The zero-order chi connectivity index (χ0) is 13.1. The van der Waals surface area contributed by atoms with Crippen molar-refractivity contribution in [3.8, 4) is 0 Å². The Balaban J connectivity index is 2.13. The second kappa shape index (κ2) is 5.85. The van der Waals surface area contributed by atoms with Gasteiger partial charge in [-0.1, -0.05) is 38.1 Å². The predicted molar refractivity (Wildman–Crippen MR) is 77.7 cm³/mol. The quantitative estimate of drug-likeness (QED) is 0.835. The minimum absolute atomic E-state index is 0.353. The van der Waals surface area contributed by atoms with Crippen molar-refractivity contribution in [2.24, 2.45) is 11.7 Å². The summed E-state index contributed by atoms with van der Waals surface area (Å²) in [6.45, 7) is 6.29. The van der Waals surface area contributed by atoms with E-state index in [1.807, 2.05) is 0 Å². The fraction of sp³-hybridized carbons (Fsp3) is 0.625. The van der Waals surface area contributed by atoms with Crippen molar-refractivity contribution >= 4 is 0 Å². The molecule has 1 aromatic rings. The van der Waals surface area contributed by atoms with Gasteiger partial charge in [-0.05, 0) is 42.9 Å². The normalized spacial score (nSPS) is 17.4. The summed E-state index contributed by atoms with van der Waals surface area (Å²) in [4.78, 5) is 2.39. The van der Waals surface area contributed by atoms with E-state index in [-0.39, 0.29) is 0 Å². The summed E-state index contributed by atoms with van der Waals surface area (Å²) in [5.74, 6) is 1.49. The highest BCUT2D eigenvalue weighted by Crippen LogP contribution is 2.40. The molecular weight excluding hydrogens is 220 g/mol. The molecule has 1 saturated carbocycles. The summed E-state index contributed by atoms with van der Waals surface area (Å²) < 4.78 is 0. The largest absolute Gasteiger partial charge is 0.329 e. The van der Waals surface area contributed by atoms with Crippen molar-refractivity contribution in [3.05, 3.63) is 35.4 Å². The van der Waals surface area contributed by atoms with Crippen LogP contribution in [-0.4, -0.2) is 25.0 Å². The summed E-state index contributed by atoms with van der Waals surface area (Å²) in [6, 6.07) is 9.39. The van der Waals surface area contributed by atoms with Crippen molar-refractivity contribution in [2.45, 2.75) is 38.6 Å². The minimum Gasteiger partial charge on any atom is -0.329 e. The lowest BCUT2D eigenvalue weighted by atomic mass is 10.00. The summed E-state index contributed by atoms with van der Waals surface area (Å²) in [5.41, 5.74) is 8.86. The van der Waals surface area contributed by atoms with Gasteiger partial charge in [-0.25, -0.2) is 0 Å². The molecule has 0 saturated heterocycles. The van der Waals surface area contributed by atoms with Gasteiger partial charge >= 0.3 is 0 Å². The highest BCUT2D eigenvalue weighted by Gasteiger charge is 2.24. The molecule has 100 valence electrons. The van der Waals surface area contributed by atoms with Gasteiger partial charge in [0.25, 0.3) is 0 Å². The van der Waals surface area contributed by atoms with Crippen LogP contribution >= 0.6 is 0 Å². The average molecular weight is 246 g/mol. The number of nitrogens with two attached hydrogens (primary N) is 1. The summed E-state index contributed by atoms with van der Waals surface area (Å²) in [5, 5.41) is 0. The number of hydrogen-bond donors (Lipinski definition) is 1. The van der Waals surface area contributed by atoms with Crippen molar-refractivity contribution in [1.29, 1.82) is 0 Å². The van der Waals surface area contributed by atoms with Crippen LogP contribution < -0.4 is 5.73 Å². The van der Waals surface area contributed by atoms with Crippen LogP contribution in [0.5, 0.6) is 0 Å². The molecule has 0 amide bonds. The third-order valence-corrected chi connectivity index (χ3v) is 3.75. The van der Waals surface area contributed by atoms with E-state index in [4.69, 9.17) is 5.73 Å². The fourth-order valence-electron chi connectivity index (χ4n) is 2.71. The van der Waals surface area contributed by atoms with Crippen molar-refractivity contribution in [3.63, 3.8) is 0 Å². The van der Waals surface area contributed by atoms with Crippen LogP contribution in [-0.2, 0) is 0 Å². The zero-order valence-corrected chi connectivity index (χ0v) is 11.9. The molecule has 0 bridgehead atoms. The number of nitrogens with zero attached hydrogens (tertiary/aromatic N) is 1. The fourth-order valence-corrected chi connectivity index (χ4v) is 2.71. The van der Waals surface area contributed by atoms with E-state index in [1.54, 1.807) is 0 Å². The van der Waals surface area contributed by atoms with Gasteiger partial charge in [0, 0.05) is 19.1 Å². The highest BCUT2D eigenvalue weighted by atomic mass is 15.1. The van der Waals surface area contributed by atoms with E-state index in [9.17, 15) is 0 Å². The van der Waals surface area contributed by atoms with Crippen LogP contribution in [0.25, 0.3) is 0 Å². The first-order valence-corrected chi connectivity index (χ1v) is 7.12. The molecule has 0 heterocycles. The van der Waals surface area contributed by atoms with Crippen molar-refractivity contribution in [1.82, 2.24) is 4.90 Å². The summed E-state index contributed by atoms with van der Waals surface area (Å²) >= 11 is 0. The molecule has 18 heavy (non-hydrogen) atoms. The smallest absolute Gasteiger partial charge is 0.0467 e. The lowest BCUT2D eigenvalue weighted by Gasteiger charge is -2.29. The maximum absolute atomic E-state index is 5.98. The molecule has 2 N–H and O–H groups in total. The molecule has 2 rings (SSSR count). The van der Waals surface area contributed by atoms with Gasteiger partial charge in [-0.15, -0.1) is 0 Å². The molecule has 0 radical (unpaired) electrons. The number of hydrogen-bond acceptors (Lipinski definition) is 2. The van der Waals surface area contributed by atoms with Crippen LogP contribution in [0.4, 0.5) is 0 Å². The molecule has 1 aliphatic rings. The molecule has 1 fully saturated rings. The van der Waals surface area contributed by atoms with Gasteiger partial charge in [0.2, 0.25) is 0 Å². The Hall–Kier alpha value is -0.860. The molecule has 0 spiro atoms. The lowest BCUT2D eigenvalue weighted by molar-refractivity contribution is 0.223. The second-order valence-corrected chi connectivity index (χ2v) is 6.03. The standard InChI is InChI=1S/C16H26N2/c1-12(2)11-18(3)16(10-17)15-6-4-5-14(9-15)13-7-8-13/h4-6,9,12-13,16H,7-8,10-11,17H2,1-3H3. The molecule has 2 heteroatoms. The van der Waals surface area contributed by atoms with Crippen molar-refractivity contribution in [2.75, 3.05) is 20.1 Å². The van der Waals surface area contributed by atoms with E-state index >= 15 is 0 Å². The van der Waals surface area contributed by atoms with Gasteiger partial charge in [0.15, 0.2) is 0 Å². The Kier molecular flexibility index (Phi) is 4.41. The predicted octanol–water partition coefficient (Wildman–Crippen LogP) is 3.15. The van der Waals surface area contributed by atoms with Crippen LogP contribution in [0, 0.1) is 5.92 Å². The third kappa shape index (κ3) is 3.33. The highest BCUT2D eigenvalue weighted by molar-refractivity contribution is 5.31. The van der Waals surface area contributed by atoms with Gasteiger partial charge < -0.3 is 5.73 Å². The van der Waals surface area contributed by atoms with E-state index in [0.29, 0.717) is 18.5 Å². The number of benzene rings is 1. The molecular formula is C16H26N2. The van der Waals surface area contributed by atoms with E-state index in [1.165, 1.54) is 24.0 Å². The second-order valence-electron chi connectivity index (χ2n) is 6.03. The monoisotopic (exact) mass is 246 g/mol. The maximum Gasteiger partial charge on any atom is 0.0467 e. The Bertz CT molecular complexity index is 382. The lowest BCUT2D eigenvalue weighted by Crippen LogP contribution is -2.33. The Morgan fingerprint density at radius 2 is 2.06 bits per heavy atom. The van der Waals surface area contributed by atoms with E-state index < -0.39 is 0 Å². The van der Waals surface area contributed by atoms with Crippen molar-refractivity contribution < 1.29 is 0 Å².